The summed E-state index contributed by atoms with van der Waals surface area (Å²) in [6.45, 7) is 11.1. The average molecular weight is 211 g/mol. The number of nitrogens with one attached hydrogen (secondary N) is 1. The van der Waals surface area contributed by atoms with Gasteiger partial charge < -0.3 is 10.4 Å². The summed E-state index contributed by atoms with van der Waals surface area (Å²) in [6.07, 6.45) is 4.35. The summed E-state index contributed by atoms with van der Waals surface area (Å²) in [4.78, 5) is 10.6. The Labute approximate surface area is 91.9 Å². The number of carbonyl (C=O) groups is 1. The van der Waals surface area contributed by atoms with Crippen LogP contribution in [0.5, 0.6) is 0 Å². The lowest BCUT2D eigenvalue weighted by Crippen LogP contribution is -2.29. The van der Waals surface area contributed by atoms with Gasteiger partial charge in [-0.15, -0.1) is 6.58 Å². The second-order valence-corrected chi connectivity index (χ2v) is 4.48. The molecular formula is C12H21NO2. The first-order chi connectivity index (χ1) is 6.89. The van der Waals surface area contributed by atoms with Crippen LogP contribution in [0.25, 0.3) is 0 Å². The average Bonchev–Trinajstić information content (AvgIpc) is 2.14. The van der Waals surface area contributed by atoms with Crippen molar-refractivity contribution in [1.29, 1.82) is 0 Å². The van der Waals surface area contributed by atoms with Gasteiger partial charge in [-0.05, 0) is 18.8 Å². The van der Waals surface area contributed by atoms with Gasteiger partial charge in [-0.1, -0.05) is 26.0 Å². The fraction of sp³-hybridized carbons (Fsp3) is 0.583. The molecule has 0 radical (unpaired) electrons. The van der Waals surface area contributed by atoms with Crippen molar-refractivity contribution in [2.45, 2.75) is 27.2 Å². The van der Waals surface area contributed by atoms with Gasteiger partial charge in [0.15, 0.2) is 0 Å². The third-order valence-corrected chi connectivity index (χ3v) is 2.19. The summed E-state index contributed by atoms with van der Waals surface area (Å²) < 4.78 is 0. The highest BCUT2D eigenvalue weighted by molar-refractivity contribution is 5.85. The lowest BCUT2D eigenvalue weighted by Gasteiger charge is -2.23. The van der Waals surface area contributed by atoms with Crippen molar-refractivity contribution in [3.8, 4) is 0 Å². The van der Waals surface area contributed by atoms with Gasteiger partial charge in [-0.3, -0.25) is 0 Å². The molecule has 0 amide bonds. The van der Waals surface area contributed by atoms with E-state index < -0.39 is 5.97 Å². The molecule has 86 valence electrons. The van der Waals surface area contributed by atoms with Crippen LogP contribution in [0, 0.1) is 5.41 Å². The molecule has 0 fully saturated rings. The van der Waals surface area contributed by atoms with Crippen LogP contribution in [-0.2, 0) is 4.79 Å². The standard InChI is InChI=1S/C12H21NO2/c1-5-8-13-9-12(3,4)7-6-10(2)11(14)15/h5-6,13H,1,7-9H2,2-4H3,(H,14,15). The maximum atomic E-state index is 10.6. The van der Waals surface area contributed by atoms with Crippen LogP contribution in [-0.4, -0.2) is 24.2 Å². The smallest absolute Gasteiger partial charge is 0.330 e. The van der Waals surface area contributed by atoms with Crippen molar-refractivity contribution in [1.82, 2.24) is 5.32 Å². The Balaban J connectivity index is 4.07. The van der Waals surface area contributed by atoms with E-state index in [1.165, 1.54) is 0 Å². The van der Waals surface area contributed by atoms with E-state index in [9.17, 15) is 4.79 Å². The Kier molecular flexibility index (Phi) is 5.94. The summed E-state index contributed by atoms with van der Waals surface area (Å²) in [5, 5.41) is 11.9. The van der Waals surface area contributed by atoms with E-state index in [1.54, 1.807) is 13.0 Å². The molecule has 0 rings (SSSR count). The second-order valence-electron chi connectivity index (χ2n) is 4.48. The molecule has 0 aromatic heterocycles. The zero-order chi connectivity index (χ0) is 11.9. The molecule has 0 atom stereocenters. The fourth-order valence-corrected chi connectivity index (χ4v) is 1.10. The molecule has 0 saturated carbocycles. The van der Waals surface area contributed by atoms with Crippen molar-refractivity contribution < 1.29 is 9.90 Å². The lowest BCUT2D eigenvalue weighted by atomic mass is 9.88. The predicted octanol–water partition coefficient (Wildman–Crippen LogP) is 2.21. The zero-order valence-electron chi connectivity index (χ0n) is 9.84. The van der Waals surface area contributed by atoms with Crippen LogP contribution in [0.2, 0.25) is 0 Å². The van der Waals surface area contributed by atoms with Crippen molar-refractivity contribution >= 4 is 5.97 Å². The summed E-state index contributed by atoms with van der Waals surface area (Å²) in [6, 6.07) is 0. The lowest BCUT2D eigenvalue weighted by molar-refractivity contribution is -0.132. The van der Waals surface area contributed by atoms with E-state index in [1.807, 2.05) is 6.08 Å². The largest absolute Gasteiger partial charge is 0.478 e. The summed E-state index contributed by atoms with van der Waals surface area (Å²) in [7, 11) is 0. The van der Waals surface area contributed by atoms with Gasteiger partial charge in [0, 0.05) is 18.7 Å². The SMILES string of the molecule is C=CCNCC(C)(C)CC=C(C)C(=O)O. The van der Waals surface area contributed by atoms with E-state index in [0.717, 1.165) is 19.5 Å². The molecule has 3 heteroatoms. The molecule has 0 bridgehead atoms. The van der Waals surface area contributed by atoms with Gasteiger partial charge in [0.2, 0.25) is 0 Å². The molecule has 2 N–H and O–H groups in total. The number of carboxylic acids is 1. The van der Waals surface area contributed by atoms with Gasteiger partial charge in [-0.25, -0.2) is 4.79 Å². The molecule has 0 spiro atoms. The molecule has 0 heterocycles. The zero-order valence-corrected chi connectivity index (χ0v) is 9.84. The van der Waals surface area contributed by atoms with Crippen LogP contribution in [0.4, 0.5) is 0 Å². The summed E-state index contributed by atoms with van der Waals surface area (Å²) in [5.41, 5.74) is 0.478. The monoisotopic (exact) mass is 211 g/mol. The Bertz CT molecular complexity index is 254. The molecule has 15 heavy (non-hydrogen) atoms. The van der Waals surface area contributed by atoms with Crippen LogP contribution >= 0.6 is 0 Å². The van der Waals surface area contributed by atoms with E-state index >= 15 is 0 Å². The highest BCUT2D eigenvalue weighted by atomic mass is 16.4. The number of hydrogen-bond donors (Lipinski definition) is 2. The Morgan fingerprint density at radius 3 is 2.60 bits per heavy atom. The first kappa shape index (κ1) is 13.9. The topological polar surface area (TPSA) is 49.3 Å². The van der Waals surface area contributed by atoms with Crippen molar-refractivity contribution in [2.75, 3.05) is 13.1 Å². The Hall–Kier alpha value is -1.09. The molecule has 0 aliphatic carbocycles. The maximum absolute atomic E-state index is 10.6. The van der Waals surface area contributed by atoms with E-state index in [-0.39, 0.29) is 5.41 Å². The summed E-state index contributed by atoms with van der Waals surface area (Å²) >= 11 is 0. The van der Waals surface area contributed by atoms with Gasteiger partial charge in [0.05, 0.1) is 0 Å². The predicted molar refractivity (Wildman–Crippen MR) is 62.9 cm³/mol. The van der Waals surface area contributed by atoms with Crippen LogP contribution in [0.15, 0.2) is 24.3 Å². The van der Waals surface area contributed by atoms with Crippen LogP contribution in [0.3, 0.4) is 0 Å². The Morgan fingerprint density at radius 2 is 2.13 bits per heavy atom. The second kappa shape index (κ2) is 6.40. The third-order valence-electron chi connectivity index (χ3n) is 2.19. The number of hydrogen-bond acceptors (Lipinski definition) is 2. The van der Waals surface area contributed by atoms with Crippen LogP contribution in [0.1, 0.15) is 27.2 Å². The van der Waals surface area contributed by atoms with Crippen LogP contribution < -0.4 is 5.32 Å². The van der Waals surface area contributed by atoms with Crippen molar-refractivity contribution in [2.24, 2.45) is 5.41 Å². The number of allylic oxidation sites excluding steroid dienone is 1. The fourth-order valence-electron chi connectivity index (χ4n) is 1.10. The first-order valence-corrected chi connectivity index (χ1v) is 5.11. The quantitative estimate of drug-likeness (QED) is 0.385. The number of aliphatic carboxylic acids is 1. The molecule has 0 unspecified atom stereocenters. The minimum Gasteiger partial charge on any atom is -0.478 e. The third kappa shape index (κ3) is 6.91. The molecule has 0 aliphatic rings. The molecule has 3 nitrogen and oxygen atoms in total. The number of carboxylic acid groups (broad SMARTS) is 1. The maximum Gasteiger partial charge on any atom is 0.330 e. The summed E-state index contributed by atoms with van der Waals surface area (Å²) in [5.74, 6) is -0.843. The van der Waals surface area contributed by atoms with E-state index in [4.69, 9.17) is 5.11 Å². The van der Waals surface area contributed by atoms with Gasteiger partial charge in [0.1, 0.15) is 0 Å². The van der Waals surface area contributed by atoms with Gasteiger partial charge in [0.25, 0.3) is 0 Å². The first-order valence-electron chi connectivity index (χ1n) is 5.11. The molecule has 0 aromatic rings. The van der Waals surface area contributed by atoms with Crippen molar-refractivity contribution in [3.63, 3.8) is 0 Å². The highest BCUT2D eigenvalue weighted by Gasteiger charge is 2.16. The Morgan fingerprint density at radius 1 is 1.53 bits per heavy atom. The molecular weight excluding hydrogens is 190 g/mol. The minimum absolute atomic E-state index is 0.0692. The van der Waals surface area contributed by atoms with E-state index in [2.05, 4.69) is 25.7 Å². The van der Waals surface area contributed by atoms with E-state index in [0.29, 0.717) is 5.57 Å². The van der Waals surface area contributed by atoms with Crippen molar-refractivity contribution in [3.05, 3.63) is 24.3 Å². The molecule has 0 saturated heterocycles. The van der Waals surface area contributed by atoms with Gasteiger partial charge in [-0.2, -0.15) is 0 Å². The minimum atomic E-state index is -0.843. The highest BCUT2D eigenvalue weighted by Crippen LogP contribution is 2.20. The normalized spacial score (nSPS) is 12.6. The molecule has 0 aliphatic heterocycles. The molecule has 0 aromatic carbocycles. The van der Waals surface area contributed by atoms with Gasteiger partial charge >= 0.3 is 5.97 Å². The number of rotatable bonds is 7.